The van der Waals surface area contributed by atoms with Crippen molar-refractivity contribution in [3.8, 4) is 0 Å². The molecule has 1 amide bonds. The number of hydrogen-bond donors (Lipinski definition) is 2. The predicted molar refractivity (Wildman–Crippen MR) is 70.8 cm³/mol. The molecular weight excluding hydrogens is 250 g/mol. The number of nitro groups is 1. The van der Waals surface area contributed by atoms with Gasteiger partial charge in [0.2, 0.25) is 5.91 Å². The lowest BCUT2D eigenvalue weighted by molar-refractivity contribution is -0.383. The number of nitro benzene ring substituents is 1. The van der Waals surface area contributed by atoms with Gasteiger partial charge in [-0.25, -0.2) is 0 Å². The van der Waals surface area contributed by atoms with Gasteiger partial charge in [0.15, 0.2) is 0 Å². The lowest BCUT2D eigenvalue weighted by atomic mass is 10.2. The van der Waals surface area contributed by atoms with Crippen LogP contribution in [-0.2, 0) is 4.79 Å². The average molecular weight is 265 g/mol. The smallest absolute Gasteiger partial charge is 0.316 e. The summed E-state index contributed by atoms with van der Waals surface area (Å²) in [6.45, 7) is 1.22. The van der Waals surface area contributed by atoms with Crippen LogP contribution >= 0.6 is 0 Å². The molecule has 19 heavy (non-hydrogen) atoms. The molecule has 1 aromatic rings. The van der Waals surface area contributed by atoms with Gasteiger partial charge in [0, 0.05) is 20.1 Å². The fourth-order valence-electron chi connectivity index (χ4n) is 2.06. The number of carbonyl (C=O) groups is 1. The van der Waals surface area contributed by atoms with Crippen molar-refractivity contribution in [2.24, 2.45) is 5.84 Å². The number of nitrogen functional groups attached to an aromatic ring is 1. The third-order valence-corrected chi connectivity index (χ3v) is 3.15. The average Bonchev–Trinajstić information content (AvgIpc) is 2.40. The van der Waals surface area contributed by atoms with E-state index in [-0.39, 0.29) is 23.8 Å². The van der Waals surface area contributed by atoms with Gasteiger partial charge >= 0.3 is 5.69 Å². The molecule has 1 heterocycles. The molecule has 0 spiro atoms. The summed E-state index contributed by atoms with van der Waals surface area (Å²) < 4.78 is 0. The van der Waals surface area contributed by atoms with E-state index in [2.05, 4.69) is 5.43 Å². The Hall–Kier alpha value is -2.35. The second-order valence-electron chi connectivity index (χ2n) is 4.31. The summed E-state index contributed by atoms with van der Waals surface area (Å²) in [6, 6.07) is 4.82. The topological polar surface area (TPSA) is 105 Å². The Morgan fingerprint density at radius 2 is 2.16 bits per heavy atom. The molecule has 1 aliphatic rings. The van der Waals surface area contributed by atoms with Gasteiger partial charge in [-0.3, -0.25) is 20.8 Å². The first-order valence-corrected chi connectivity index (χ1v) is 5.77. The molecule has 0 bridgehead atoms. The largest absolute Gasteiger partial charge is 0.355 e. The van der Waals surface area contributed by atoms with E-state index < -0.39 is 4.92 Å². The summed E-state index contributed by atoms with van der Waals surface area (Å²) in [7, 11) is 1.71. The predicted octanol–water partition coefficient (Wildman–Crippen LogP) is 0.159. The van der Waals surface area contributed by atoms with Crippen molar-refractivity contribution >= 4 is 23.0 Å². The number of carbonyl (C=O) groups excluding carboxylic acids is 1. The molecule has 0 radical (unpaired) electrons. The van der Waals surface area contributed by atoms with Crippen molar-refractivity contribution in [3.63, 3.8) is 0 Å². The van der Waals surface area contributed by atoms with E-state index in [4.69, 9.17) is 5.84 Å². The maximum atomic E-state index is 11.7. The van der Waals surface area contributed by atoms with Crippen LogP contribution in [0.25, 0.3) is 0 Å². The highest BCUT2D eigenvalue weighted by Gasteiger charge is 2.28. The quantitative estimate of drug-likeness (QED) is 0.458. The number of anilines is 2. The molecule has 1 aromatic carbocycles. The normalized spacial score (nSPS) is 15.6. The first-order chi connectivity index (χ1) is 9.04. The van der Waals surface area contributed by atoms with Crippen molar-refractivity contribution < 1.29 is 9.72 Å². The van der Waals surface area contributed by atoms with Gasteiger partial charge in [0.1, 0.15) is 11.4 Å². The molecule has 1 fully saturated rings. The van der Waals surface area contributed by atoms with Gasteiger partial charge in [-0.15, -0.1) is 0 Å². The summed E-state index contributed by atoms with van der Waals surface area (Å²) in [5, 5.41) is 11.2. The number of likely N-dealkylation sites (N-methyl/N-ethyl adjacent to an activating group) is 1. The standard InChI is InChI=1S/C11H15N5O3/c1-14-5-6-15(7-10(14)17)9-4-2-3-8(13-12)11(9)16(18)19/h2-4,13H,5-7,12H2,1H3. The molecule has 102 valence electrons. The van der Waals surface area contributed by atoms with E-state index >= 15 is 0 Å². The highest BCUT2D eigenvalue weighted by Crippen LogP contribution is 2.35. The van der Waals surface area contributed by atoms with E-state index in [1.807, 2.05) is 0 Å². The number of nitrogens with two attached hydrogens (primary N) is 1. The van der Waals surface area contributed by atoms with Crippen molar-refractivity contribution in [3.05, 3.63) is 28.3 Å². The fraction of sp³-hybridized carbons (Fsp3) is 0.364. The van der Waals surface area contributed by atoms with E-state index in [1.165, 1.54) is 6.07 Å². The Morgan fingerprint density at radius 3 is 2.74 bits per heavy atom. The first kappa shape index (κ1) is 13.1. The Labute approximate surface area is 109 Å². The maximum Gasteiger partial charge on any atom is 0.316 e. The Bertz CT molecular complexity index is 519. The number of amides is 1. The summed E-state index contributed by atoms with van der Waals surface area (Å²) in [4.78, 5) is 25.7. The molecule has 0 saturated carbocycles. The van der Waals surface area contributed by atoms with E-state index in [0.29, 0.717) is 18.8 Å². The zero-order valence-corrected chi connectivity index (χ0v) is 10.5. The van der Waals surface area contributed by atoms with E-state index in [9.17, 15) is 14.9 Å². The lowest BCUT2D eigenvalue weighted by Crippen LogP contribution is -2.48. The van der Waals surface area contributed by atoms with Crippen LogP contribution in [0.15, 0.2) is 18.2 Å². The number of hydrogen-bond acceptors (Lipinski definition) is 6. The summed E-state index contributed by atoms with van der Waals surface area (Å²) in [6.07, 6.45) is 0. The molecule has 2 rings (SSSR count). The Morgan fingerprint density at radius 1 is 1.42 bits per heavy atom. The van der Waals surface area contributed by atoms with Crippen LogP contribution in [0.3, 0.4) is 0 Å². The number of rotatable bonds is 3. The van der Waals surface area contributed by atoms with Gasteiger partial charge in [-0.2, -0.15) is 0 Å². The number of piperazine rings is 1. The summed E-state index contributed by atoms with van der Waals surface area (Å²) >= 11 is 0. The first-order valence-electron chi connectivity index (χ1n) is 5.77. The third kappa shape index (κ3) is 2.43. The minimum atomic E-state index is -0.493. The monoisotopic (exact) mass is 265 g/mol. The molecule has 3 N–H and O–H groups in total. The second-order valence-corrected chi connectivity index (χ2v) is 4.31. The Kier molecular flexibility index (Phi) is 3.52. The zero-order valence-electron chi connectivity index (χ0n) is 10.5. The van der Waals surface area contributed by atoms with Crippen LogP contribution in [0.1, 0.15) is 0 Å². The Balaban J connectivity index is 2.39. The van der Waals surface area contributed by atoms with Crippen LogP contribution in [0.2, 0.25) is 0 Å². The second kappa shape index (κ2) is 5.11. The van der Waals surface area contributed by atoms with Gasteiger partial charge in [0.25, 0.3) is 0 Å². The summed E-state index contributed by atoms with van der Waals surface area (Å²) in [5.74, 6) is 5.22. The van der Waals surface area contributed by atoms with Gasteiger partial charge < -0.3 is 15.2 Å². The van der Waals surface area contributed by atoms with Crippen molar-refractivity contribution in [2.75, 3.05) is 37.0 Å². The number of para-hydroxylation sites is 1. The maximum absolute atomic E-state index is 11.7. The number of benzene rings is 1. The van der Waals surface area contributed by atoms with Gasteiger partial charge in [-0.05, 0) is 12.1 Å². The molecular formula is C11H15N5O3. The molecule has 0 aromatic heterocycles. The SMILES string of the molecule is CN1CCN(c2cccc(NN)c2[N+](=O)[O-])CC1=O. The van der Waals surface area contributed by atoms with Crippen molar-refractivity contribution in [1.82, 2.24) is 4.90 Å². The van der Waals surface area contributed by atoms with Crippen molar-refractivity contribution in [2.45, 2.75) is 0 Å². The lowest BCUT2D eigenvalue weighted by Gasteiger charge is -2.33. The molecule has 8 nitrogen and oxygen atoms in total. The minimum Gasteiger partial charge on any atom is -0.355 e. The number of hydrazine groups is 1. The highest BCUT2D eigenvalue weighted by molar-refractivity contribution is 5.85. The molecule has 1 saturated heterocycles. The molecule has 8 heteroatoms. The van der Waals surface area contributed by atoms with Crippen LogP contribution in [0.5, 0.6) is 0 Å². The number of nitrogens with zero attached hydrogens (tertiary/aromatic N) is 3. The van der Waals surface area contributed by atoms with Crippen molar-refractivity contribution in [1.29, 1.82) is 0 Å². The van der Waals surface area contributed by atoms with E-state index in [0.717, 1.165) is 0 Å². The summed E-state index contributed by atoms with van der Waals surface area (Å²) in [5.41, 5.74) is 2.84. The van der Waals surface area contributed by atoms with Crippen LogP contribution in [0, 0.1) is 10.1 Å². The highest BCUT2D eigenvalue weighted by atomic mass is 16.6. The van der Waals surface area contributed by atoms with Crippen LogP contribution < -0.4 is 16.2 Å². The third-order valence-electron chi connectivity index (χ3n) is 3.15. The van der Waals surface area contributed by atoms with Crippen LogP contribution in [0.4, 0.5) is 17.1 Å². The molecule has 0 aliphatic carbocycles. The zero-order chi connectivity index (χ0) is 14.0. The van der Waals surface area contributed by atoms with E-state index in [1.54, 1.807) is 29.0 Å². The molecule has 0 atom stereocenters. The number of nitrogens with one attached hydrogen (secondary N) is 1. The van der Waals surface area contributed by atoms with Gasteiger partial charge in [0.05, 0.1) is 11.5 Å². The fourth-order valence-corrected chi connectivity index (χ4v) is 2.06. The van der Waals surface area contributed by atoms with Gasteiger partial charge in [-0.1, -0.05) is 6.07 Å². The van der Waals surface area contributed by atoms with Crippen LogP contribution in [-0.4, -0.2) is 42.4 Å². The minimum absolute atomic E-state index is 0.0633. The molecule has 1 aliphatic heterocycles. The molecule has 0 unspecified atom stereocenters.